The SMILES string of the molecule is CC1Cc2cc(C(=O)CNC3CC(C)(C)NC(C)(C)C3)ccc2N1. The summed E-state index contributed by atoms with van der Waals surface area (Å²) in [6, 6.07) is 6.89. The van der Waals surface area contributed by atoms with Gasteiger partial charge in [0.15, 0.2) is 5.78 Å². The van der Waals surface area contributed by atoms with E-state index in [-0.39, 0.29) is 16.9 Å². The fraction of sp³-hybridized carbons (Fsp3) is 0.650. The van der Waals surface area contributed by atoms with Gasteiger partial charge in [0.1, 0.15) is 0 Å². The van der Waals surface area contributed by atoms with Crippen LogP contribution in [0.25, 0.3) is 0 Å². The average molecular weight is 329 g/mol. The van der Waals surface area contributed by atoms with Crippen molar-refractivity contribution in [1.82, 2.24) is 10.6 Å². The highest BCUT2D eigenvalue weighted by molar-refractivity contribution is 5.98. The Kier molecular flexibility index (Phi) is 4.47. The first kappa shape index (κ1) is 17.4. The minimum absolute atomic E-state index is 0.0951. The van der Waals surface area contributed by atoms with Crippen LogP contribution in [0.15, 0.2) is 18.2 Å². The molecule has 3 rings (SSSR count). The first-order valence-electron chi connectivity index (χ1n) is 9.09. The fourth-order valence-corrected chi connectivity index (χ4v) is 4.53. The second-order valence-electron chi connectivity index (χ2n) is 8.92. The molecule has 0 spiro atoms. The maximum Gasteiger partial charge on any atom is 0.176 e. The van der Waals surface area contributed by atoms with Crippen LogP contribution in [-0.2, 0) is 6.42 Å². The maximum atomic E-state index is 12.6. The van der Waals surface area contributed by atoms with Crippen LogP contribution in [0.5, 0.6) is 0 Å². The summed E-state index contributed by atoms with van der Waals surface area (Å²) in [6.07, 6.45) is 3.07. The molecule has 1 aromatic rings. The van der Waals surface area contributed by atoms with E-state index in [4.69, 9.17) is 0 Å². The van der Waals surface area contributed by atoms with Crippen molar-refractivity contribution in [1.29, 1.82) is 0 Å². The number of rotatable bonds is 4. The normalized spacial score (nSPS) is 25.1. The van der Waals surface area contributed by atoms with Crippen LogP contribution >= 0.6 is 0 Å². The zero-order chi connectivity index (χ0) is 17.5. The van der Waals surface area contributed by atoms with Gasteiger partial charge in [-0.15, -0.1) is 0 Å². The third-order valence-electron chi connectivity index (χ3n) is 5.10. The number of piperidine rings is 1. The molecule has 1 saturated heterocycles. The van der Waals surface area contributed by atoms with Gasteiger partial charge in [-0.2, -0.15) is 0 Å². The van der Waals surface area contributed by atoms with Crippen molar-refractivity contribution >= 4 is 11.5 Å². The molecule has 0 saturated carbocycles. The predicted molar refractivity (Wildman–Crippen MR) is 99.9 cm³/mol. The molecular formula is C20H31N3O. The van der Waals surface area contributed by atoms with Gasteiger partial charge in [-0.1, -0.05) is 0 Å². The highest BCUT2D eigenvalue weighted by Gasteiger charge is 2.37. The van der Waals surface area contributed by atoms with Gasteiger partial charge in [0, 0.05) is 34.4 Å². The quantitative estimate of drug-likeness (QED) is 0.743. The zero-order valence-corrected chi connectivity index (χ0v) is 15.6. The lowest BCUT2D eigenvalue weighted by Crippen LogP contribution is -2.61. The molecule has 2 aliphatic heterocycles. The molecule has 132 valence electrons. The summed E-state index contributed by atoms with van der Waals surface area (Å²) in [5.41, 5.74) is 3.45. The van der Waals surface area contributed by atoms with Crippen LogP contribution in [0.3, 0.4) is 0 Å². The van der Waals surface area contributed by atoms with E-state index >= 15 is 0 Å². The van der Waals surface area contributed by atoms with E-state index < -0.39 is 0 Å². The first-order chi connectivity index (χ1) is 11.1. The number of carbonyl (C=O) groups is 1. The van der Waals surface area contributed by atoms with Gasteiger partial charge < -0.3 is 16.0 Å². The number of carbonyl (C=O) groups excluding carboxylic acids is 1. The number of Topliss-reactive ketones (excluding diaryl/α,β-unsaturated/α-hetero) is 1. The van der Waals surface area contributed by atoms with Crippen LogP contribution in [0.2, 0.25) is 0 Å². The highest BCUT2D eigenvalue weighted by Crippen LogP contribution is 2.29. The lowest BCUT2D eigenvalue weighted by atomic mass is 9.79. The number of anilines is 1. The monoisotopic (exact) mass is 329 g/mol. The zero-order valence-electron chi connectivity index (χ0n) is 15.6. The Morgan fingerprint density at radius 3 is 2.54 bits per heavy atom. The average Bonchev–Trinajstić information content (AvgIpc) is 2.80. The lowest BCUT2D eigenvalue weighted by Gasteiger charge is -2.46. The standard InChI is InChI=1S/C20H31N3O/c1-13-8-15-9-14(6-7-17(15)22-13)18(24)12-21-16-10-19(2,3)23-20(4,5)11-16/h6-7,9,13,16,21-23H,8,10-12H2,1-5H3. The van der Waals surface area contributed by atoms with Gasteiger partial charge in [-0.05, 0) is 77.6 Å². The second kappa shape index (κ2) is 6.16. The Morgan fingerprint density at radius 1 is 1.21 bits per heavy atom. The molecule has 2 aliphatic rings. The molecule has 0 amide bonds. The fourth-order valence-electron chi connectivity index (χ4n) is 4.53. The summed E-state index contributed by atoms with van der Waals surface area (Å²) in [5.74, 6) is 0.187. The van der Waals surface area contributed by atoms with Crippen molar-refractivity contribution in [2.24, 2.45) is 0 Å². The van der Waals surface area contributed by atoms with Crippen LogP contribution in [0.4, 0.5) is 5.69 Å². The van der Waals surface area contributed by atoms with E-state index in [1.807, 2.05) is 12.1 Å². The summed E-state index contributed by atoms with van der Waals surface area (Å²) < 4.78 is 0. The molecular weight excluding hydrogens is 298 g/mol. The molecule has 1 aromatic carbocycles. The maximum absolute atomic E-state index is 12.6. The minimum Gasteiger partial charge on any atom is -0.382 e. The lowest BCUT2D eigenvalue weighted by molar-refractivity contribution is 0.0963. The number of ketones is 1. The molecule has 4 heteroatoms. The Bertz CT molecular complexity index is 620. The molecule has 0 bridgehead atoms. The second-order valence-corrected chi connectivity index (χ2v) is 8.92. The largest absolute Gasteiger partial charge is 0.382 e. The van der Waals surface area contributed by atoms with Crippen molar-refractivity contribution in [3.8, 4) is 0 Å². The van der Waals surface area contributed by atoms with Gasteiger partial charge in [0.25, 0.3) is 0 Å². The molecule has 4 nitrogen and oxygen atoms in total. The summed E-state index contributed by atoms with van der Waals surface area (Å²) in [5, 5.41) is 10.6. The van der Waals surface area contributed by atoms with E-state index in [1.54, 1.807) is 0 Å². The molecule has 0 aromatic heterocycles. The summed E-state index contributed by atoms with van der Waals surface area (Å²) in [4.78, 5) is 12.6. The predicted octanol–water partition coefficient (Wildman–Crippen LogP) is 3.12. The Labute approximate surface area is 145 Å². The van der Waals surface area contributed by atoms with Crippen molar-refractivity contribution < 1.29 is 4.79 Å². The van der Waals surface area contributed by atoms with E-state index in [1.165, 1.54) is 11.3 Å². The molecule has 24 heavy (non-hydrogen) atoms. The number of nitrogens with one attached hydrogen (secondary N) is 3. The van der Waals surface area contributed by atoms with Crippen LogP contribution in [-0.4, -0.2) is 35.5 Å². The summed E-state index contributed by atoms with van der Waals surface area (Å²) in [6.45, 7) is 11.5. The van der Waals surface area contributed by atoms with E-state index in [9.17, 15) is 4.79 Å². The molecule has 3 N–H and O–H groups in total. The van der Waals surface area contributed by atoms with E-state index in [2.05, 4.69) is 56.6 Å². The van der Waals surface area contributed by atoms with Crippen molar-refractivity contribution in [3.63, 3.8) is 0 Å². The van der Waals surface area contributed by atoms with Gasteiger partial charge in [-0.3, -0.25) is 4.79 Å². The van der Waals surface area contributed by atoms with E-state index in [0.29, 0.717) is 18.6 Å². The molecule has 0 aliphatic carbocycles. The number of hydrogen-bond donors (Lipinski definition) is 3. The number of fused-ring (bicyclic) bond motifs is 1. The van der Waals surface area contributed by atoms with Gasteiger partial charge in [0.2, 0.25) is 0 Å². The van der Waals surface area contributed by atoms with Crippen LogP contribution in [0, 0.1) is 0 Å². The van der Waals surface area contributed by atoms with Crippen molar-refractivity contribution in [2.45, 2.75) is 77.0 Å². The van der Waals surface area contributed by atoms with Gasteiger partial charge in [0.05, 0.1) is 6.54 Å². The molecule has 1 unspecified atom stereocenters. The van der Waals surface area contributed by atoms with Crippen LogP contribution in [0.1, 0.15) is 63.4 Å². The number of hydrogen-bond acceptors (Lipinski definition) is 4. The Hall–Kier alpha value is -1.39. The third-order valence-corrected chi connectivity index (χ3v) is 5.10. The van der Waals surface area contributed by atoms with Gasteiger partial charge >= 0.3 is 0 Å². The molecule has 2 heterocycles. The molecule has 0 radical (unpaired) electrons. The summed E-state index contributed by atoms with van der Waals surface area (Å²) in [7, 11) is 0. The van der Waals surface area contributed by atoms with Crippen LogP contribution < -0.4 is 16.0 Å². The molecule has 1 fully saturated rings. The minimum atomic E-state index is 0.0951. The highest BCUT2D eigenvalue weighted by atomic mass is 16.1. The molecule has 1 atom stereocenters. The number of benzene rings is 1. The smallest absolute Gasteiger partial charge is 0.176 e. The topological polar surface area (TPSA) is 53.2 Å². The van der Waals surface area contributed by atoms with Crippen molar-refractivity contribution in [3.05, 3.63) is 29.3 Å². The van der Waals surface area contributed by atoms with E-state index in [0.717, 1.165) is 24.8 Å². The Morgan fingerprint density at radius 2 is 1.88 bits per heavy atom. The third kappa shape index (κ3) is 3.98. The first-order valence-corrected chi connectivity index (χ1v) is 9.09. The van der Waals surface area contributed by atoms with Crippen molar-refractivity contribution in [2.75, 3.05) is 11.9 Å². The summed E-state index contributed by atoms with van der Waals surface area (Å²) >= 11 is 0. The van der Waals surface area contributed by atoms with Gasteiger partial charge in [-0.25, -0.2) is 0 Å². The Balaban J connectivity index is 1.61.